The van der Waals surface area contributed by atoms with Crippen molar-refractivity contribution in [3.63, 3.8) is 0 Å². The van der Waals surface area contributed by atoms with Crippen LogP contribution in [-0.2, 0) is 9.84 Å². The lowest BCUT2D eigenvalue weighted by atomic mass is 10.1. The fourth-order valence-electron chi connectivity index (χ4n) is 2.55. The van der Waals surface area contributed by atoms with E-state index in [1.165, 1.54) is 18.2 Å². The highest BCUT2D eigenvalue weighted by molar-refractivity contribution is 7.92. The minimum absolute atomic E-state index is 0.111. The van der Waals surface area contributed by atoms with E-state index in [1.54, 1.807) is 0 Å². The average Bonchev–Trinajstić information content (AvgIpc) is 2.83. The second kappa shape index (κ2) is 6.46. The lowest BCUT2D eigenvalue weighted by Gasteiger charge is -2.09. The molecule has 2 rings (SSSR count). The Morgan fingerprint density at radius 2 is 1.80 bits per heavy atom. The number of ketones is 1. The number of sulfone groups is 1. The number of Topliss-reactive ketones (excluding diaryl/α,β-unsaturated/α-hetero) is 1. The molecule has 110 valence electrons. The van der Waals surface area contributed by atoms with Gasteiger partial charge in [-0.15, -0.1) is 0 Å². The molecule has 1 fully saturated rings. The third-order valence-corrected chi connectivity index (χ3v) is 5.98. The molecule has 0 saturated heterocycles. The van der Waals surface area contributed by atoms with Crippen LogP contribution in [0.2, 0.25) is 10.0 Å². The van der Waals surface area contributed by atoms with Crippen LogP contribution in [0.25, 0.3) is 0 Å². The van der Waals surface area contributed by atoms with Gasteiger partial charge < -0.3 is 0 Å². The normalized spacial score (nSPS) is 16.5. The maximum absolute atomic E-state index is 12.0. The second-order valence-electron chi connectivity index (χ2n) is 5.26. The molecular formula is C14H16Cl2O3S. The molecular weight excluding hydrogens is 319 g/mol. The number of hydrogen-bond acceptors (Lipinski definition) is 3. The Bertz CT molecular complexity index is 605. The zero-order valence-corrected chi connectivity index (χ0v) is 13.3. The van der Waals surface area contributed by atoms with E-state index in [9.17, 15) is 13.2 Å². The Hall–Kier alpha value is -0.580. The van der Waals surface area contributed by atoms with Crippen LogP contribution in [0.3, 0.4) is 0 Å². The number of rotatable bonds is 5. The van der Waals surface area contributed by atoms with Crippen molar-refractivity contribution in [2.45, 2.75) is 25.7 Å². The molecule has 0 radical (unpaired) electrons. The van der Waals surface area contributed by atoms with Crippen LogP contribution in [-0.4, -0.2) is 25.7 Å². The molecule has 0 atom stereocenters. The molecule has 1 aliphatic rings. The smallest absolute Gasteiger partial charge is 0.177 e. The summed E-state index contributed by atoms with van der Waals surface area (Å²) >= 11 is 11.6. The fraction of sp³-hybridized carbons (Fsp3) is 0.500. The molecule has 0 heterocycles. The van der Waals surface area contributed by atoms with Crippen molar-refractivity contribution in [3.05, 3.63) is 33.8 Å². The standard InChI is InChI=1S/C14H16Cl2O3S/c15-12-6-5-11(7-13(12)16)14(17)9-20(18,19)8-10-3-1-2-4-10/h5-7,10H,1-4,8-9H2. The SMILES string of the molecule is O=C(CS(=O)(=O)CC1CCCC1)c1ccc(Cl)c(Cl)c1. The molecule has 20 heavy (non-hydrogen) atoms. The molecule has 3 nitrogen and oxygen atoms in total. The summed E-state index contributed by atoms with van der Waals surface area (Å²) in [4.78, 5) is 12.0. The van der Waals surface area contributed by atoms with E-state index >= 15 is 0 Å². The van der Waals surface area contributed by atoms with Gasteiger partial charge in [0.1, 0.15) is 5.75 Å². The van der Waals surface area contributed by atoms with Gasteiger partial charge in [-0.1, -0.05) is 36.0 Å². The van der Waals surface area contributed by atoms with Gasteiger partial charge in [-0.05, 0) is 37.0 Å². The molecule has 1 saturated carbocycles. The van der Waals surface area contributed by atoms with Gasteiger partial charge in [0, 0.05) is 5.56 Å². The highest BCUT2D eigenvalue weighted by Gasteiger charge is 2.25. The van der Waals surface area contributed by atoms with Crippen LogP contribution < -0.4 is 0 Å². The third-order valence-electron chi connectivity index (χ3n) is 3.56. The van der Waals surface area contributed by atoms with Crippen molar-refractivity contribution < 1.29 is 13.2 Å². The van der Waals surface area contributed by atoms with Crippen molar-refractivity contribution in [1.29, 1.82) is 0 Å². The summed E-state index contributed by atoms with van der Waals surface area (Å²) in [6, 6.07) is 4.42. The maximum atomic E-state index is 12.0. The van der Waals surface area contributed by atoms with Crippen LogP contribution in [0.1, 0.15) is 36.0 Å². The van der Waals surface area contributed by atoms with Gasteiger partial charge >= 0.3 is 0 Å². The summed E-state index contributed by atoms with van der Waals surface area (Å²) in [5, 5.41) is 0.600. The van der Waals surface area contributed by atoms with E-state index in [0.29, 0.717) is 5.02 Å². The lowest BCUT2D eigenvalue weighted by molar-refractivity contribution is 0.102. The van der Waals surface area contributed by atoms with Crippen molar-refractivity contribution in [2.24, 2.45) is 5.92 Å². The minimum Gasteiger partial charge on any atom is -0.293 e. The molecule has 0 aromatic heterocycles. The van der Waals surface area contributed by atoms with Gasteiger partial charge in [0.2, 0.25) is 0 Å². The molecule has 0 unspecified atom stereocenters. The van der Waals surface area contributed by atoms with Gasteiger partial charge in [0.15, 0.2) is 15.6 Å². The number of benzene rings is 1. The Morgan fingerprint density at radius 1 is 1.15 bits per heavy atom. The van der Waals surface area contributed by atoms with E-state index in [1.807, 2.05) is 0 Å². The highest BCUT2D eigenvalue weighted by atomic mass is 35.5. The lowest BCUT2D eigenvalue weighted by Crippen LogP contribution is -2.22. The summed E-state index contributed by atoms with van der Waals surface area (Å²) in [6.45, 7) is 0. The monoisotopic (exact) mass is 334 g/mol. The maximum Gasteiger partial charge on any atom is 0.177 e. The average molecular weight is 335 g/mol. The molecule has 0 aliphatic heterocycles. The van der Waals surface area contributed by atoms with E-state index < -0.39 is 21.4 Å². The largest absolute Gasteiger partial charge is 0.293 e. The predicted octanol–water partition coefficient (Wildman–Crippen LogP) is 3.78. The molecule has 0 spiro atoms. The fourth-order valence-corrected chi connectivity index (χ4v) is 4.58. The first-order valence-corrected chi connectivity index (χ1v) is 9.14. The van der Waals surface area contributed by atoms with Crippen LogP contribution >= 0.6 is 23.2 Å². The Kier molecular flexibility index (Phi) is 5.10. The van der Waals surface area contributed by atoms with Crippen molar-refractivity contribution >= 4 is 38.8 Å². The van der Waals surface area contributed by atoms with E-state index in [2.05, 4.69) is 0 Å². The summed E-state index contributed by atoms with van der Waals surface area (Å²) in [7, 11) is -3.36. The van der Waals surface area contributed by atoms with Crippen LogP contribution in [0.4, 0.5) is 0 Å². The van der Waals surface area contributed by atoms with Crippen molar-refractivity contribution in [2.75, 3.05) is 11.5 Å². The molecule has 1 aliphatic carbocycles. The number of hydrogen-bond donors (Lipinski definition) is 0. The summed E-state index contributed by atoms with van der Waals surface area (Å²) in [6.07, 6.45) is 4.06. The Balaban J connectivity index is 2.04. The van der Waals surface area contributed by atoms with Crippen LogP contribution in [0, 0.1) is 5.92 Å². The van der Waals surface area contributed by atoms with Gasteiger partial charge in [0.05, 0.1) is 15.8 Å². The number of halogens is 2. The Morgan fingerprint density at radius 3 is 2.40 bits per heavy atom. The molecule has 1 aromatic rings. The Labute approximate surface area is 129 Å². The van der Waals surface area contributed by atoms with Gasteiger partial charge in [-0.3, -0.25) is 4.79 Å². The summed E-state index contributed by atoms with van der Waals surface area (Å²) in [5.74, 6) is -0.565. The first-order chi connectivity index (χ1) is 9.37. The first kappa shape index (κ1) is 15.8. The zero-order valence-electron chi connectivity index (χ0n) is 10.9. The van der Waals surface area contributed by atoms with Crippen LogP contribution in [0.5, 0.6) is 0 Å². The van der Waals surface area contributed by atoms with E-state index in [-0.39, 0.29) is 22.3 Å². The number of carbonyl (C=O) groups excluding carboxylic acids is 1. The predicted molar refractivity (Wildman–Crippen MR) is 81.4 cm³/mol. The second-order valence-corrected chi connectivity index (χ2v) is 8.18. The third kappa shape index (κ3) is 4.21. The topological polar surface area (TPSA) is 51.2 Å². The quantitative estimate of drug-likeness (QED) is 0.770. The van der Waals surface area contributed by atoms with E-state index in [0.717, 1.165) is 25.7 Å². The molecule has 1 aromatic carbocycles. The van der Waals surface area contributed by atoms with Gasteiger partial charge in [0.25, 0.3) is 0 Å². The van der Waals surface area contributed by atoms with Gasteiger partial charge in [-0.25, -0.2) is 8.42 Å². The molecule has 0 N–H and O–H groups in total. The summed E-state index contributed by atoms with van der Waals surface area (Å²) < 4.78 is 24.1. The minimum atomic E-state index is -3.36. The zero-order chi connectivity index (χ0) is 14.8. The number of carbonyl (C=O) groups is 1. The van der Waals surface area contributed by atoms with Crippen LogP contribution in [0.15, 0.2) is 18.2 Å². The molecule has 6 heteroatoms. The van der Waals surface area contributed by atoms with Gasteiger partial charge in [-0.2, -0.15) is 0 Å². The summed E-state index contributed by atoms with van der Waals surface area (Å²) in [5.41, 5.74) is 0.286. The van der Waals surface area contributed by atoms with Crippen molar-refractivity contribution in [3.8, 4) is 0 Å². The first-order valence-electron chi connectivity index (χ1n) is 6.56. The highest BCUT2D eigenvalue weighted by Crippen LogP contribution is 2.27. The van der Waals surface area contributed by atoms with E-state index in [4.69, 9.17) is 23.2 Å². The van der Waals surface area contributed by atoms with Crippen molar-refractivity contribution in [1.82, 2.24) is 0 Å². The molecule has 0 amide bonds. The molecule has 0 bridgehead atoms.